The molecular formula is CH5INP. The van der Waals surface area contributed by atoms with E-state index in [0.29, 0.717) is 0 Å². The SMILES string of the molecule is CP(N)I. The van der Waals surface area contributed by atoms with Gasteiger partial charge in [-0.15, -0.1) is 0 Å². The fourth-order valence-corrected chi connectivity index (χ4v) is 0. The molecule has 3 heteroatoms. The van der Waals surface area contributed by atoms with Crippen LogP contribution >= 0.6 is 27.8 Å². The van der Waals surface area contributed by atoms with Gasteiger partial charge in [0.2, 0.25) is 0 Å². The Morgan fingerprint density at radius 2 is 2.00 bits per heavy atom. The molecule has 0 spiro atoms. The predicted octanol–water partition coefficient (Wildman–Crippen LogP) is 1.32. The average molecular weight is 189 g/mol. The van der Waals surface area contributed by atoms with Gasteiger partial charge in [0.25, 0.3) is 0 Å². The summed E-state index contributed by atoms with van der Waals surface area (Å²) in [6, 6.07) is 0. The minimum atomic E-state index is -0.150. The van der Waals surface area contributed by atoms with Gasteiger partial charge in [-0.05, 0) is 28.7 Å². The average Bonchev–Trinajstić information content (AvgIpc) is 0.811. The van der Waals surface area contributed by atoms with Crippen LogP contribution in [0.15, 0.2) is 0 Å². The van der Waals surface area contributed by atoms with E-state index in [1.54, 1.807) is 0 Å². The lowest BCUT2D eigenvalue weighted by Crippen LogP contribution is -1.69. The normalized spacial score (nSPS) is 15.8. The molecule has 0 heterocycles. The molecule has 0 amide bonds. The number of nitrogens with two attached hydrogens (primary N) is 1. The molecule has 0 aliphatic carbocycles. The number of rotatable bonds is 0. The monoisotopic (exact) mass is 189 g/mol. The Morgan fingerprint density at radius 3 is 2.00 bits per heavy atom. The summed E-state index contributed by atoms with van der Waals surface area (Å²) >= 11 is 2.19. The molecule has 0 aliphatic heterocycles. The van der Waals surface area contributed by atoms with E-state index in [1.165, 1.54) is 0 Å². The first-order valence-corrected chi connectivity index (χ1v) is 5.52. The van der Waals surface area contributed by atoms with Crippen LogP contribution < -0.4 is 5.50 Å². The van der Waals surface area contributed by atoms with Crippen molar-refractivity contribution in [2.24, 2.45) is 5.50 Å². The van der Waals surface area contributed by atoms with Crippen molar-refractivity contribution < 1.29 is 0 Å². The summed E-state index contributed by atoms with van der Waals surface area (Å²) in [5.74, 6) is 0. The highest BCUT2D eigenvalue weighted by Gasteiger charge is 1.69. The van der Waals surface area contributed by atoms with Crippen LogP contribution in [0.1, 0.15) is 0 Å². The van der Waals surface area contributed by atoms with Crippen molar-refractivity contribution in [1.82, 2.24) is 0 Å². The Morgan fingerprint density at radius 1 is 2.00 bits per heavy atom. The Bertz CT molecular complexity index is 12.8. The van der Waals surface area contributed by atoms with E-state index in [9.17, 15) is 0 Å². The molecule has 0 rings (SSSR count). The molecule has 0 fully saturated rings. The Kier molecular flexibility index (Phi) is 3.02. The molecule has 26 valence electrons. The molecule has 0 aromatic heterocycles. The topological polar surface area (TPSA) is 26.0 Å². The maximum absolute atomic E-state index is 5.16. The molecule has 0 aromatic carbocycles. The molecule has 1 unspecified atom stereocenters. The van der Waals surface area contributed by atoms with Crippen LogP contribution in [0, 0.1) is 0 Å². The highest BCUT2D eigenvalue weighted by atomic mass is 127. The van der Waals surface area contributed by atoms with Crippen LogP contribution in [-0.2, 0) is 0 Å². The zero-order valence-electron chi connectivity index (χ0n) is 2.40. The molecule has 0 bridgehead atoms. The van der Waals surface area contributed by atoms with Crippen molar-refractivity contribution in [1.29, 1.82) is 0 Å². The second-order valence-corrected chi connectivity index (χ2v) is 6.14. The molecule has 0 aliphatic rings. The van der Waals surface area contributed by atoms with Crippen LogP contribution in [-0.4, -0.2) is 6.66 Å². The summed E-state index contributed by atoms with van der Waals surface area (Å²) in [4.78, 5) is 0. The number of halogens is 1. The van der Waals surface area contributed by atoms with E-state index in [0.717, 1.165) is 0 Å². The van der Waals surface area contributed by atoms with Gasteiger partial charge in [-0.25, -0.2) is 0 Å². The van der Waals surface area contributed by atoms with Crippen LogP contribution in [0.25, 0.3) is 0 Å². The van der Waals surface area contributed by atoms with Gasteiger partial charge in [0.05, 0.1) is 0 Å². The Balaban J connectivity index is 2.32. The van der Waals surface area contributed by atoms with Gasteiger partial charge in [0, 0.05) is 5.71 Å². The number of hydrogen-bond acceptors (Lipinski definition) is 1. The third-order valence-corrected chi connectivity index (χ3v) is 0. The third-order valence-electron chi connectivity index (χ3n) is 0. The fraction of sp³-hybridized carbons (Fsp3) is 1.00. The zero-order chi connectivity index (χ0) is 3.58. The zero-order valence-corrected chi connectivity index (χ0v) is 5.45. The molecule has 0 saturated carbocycles. The first kappa shape index (κ1) is 5.12. The first-order chi connectivity index (χ1) is 1.73. The number of hydrogen-bond donors (Lipinski definition) is 1. The van der Waals surface area contributed by atoms with Crippen LogP contribution in [0.3, 0.4) is 0 Å². The highest BCUT2D eigenvalue weighted by molar-refractivity contribution is 14.2. The van der Waals surface area contributed by atoms with E-state index in [-0.39, 0.29) is 5.71 Å². The van der Waals surface area contributed by atoms with Crippen molar-refractivity contribution in [3.63, 3.8) is 0 Å². The fourth-order valence-electron chi connectivity index (χ4n) is 0. The van der Waals surface area contributed by atoms with E-state index in [2.05, 4.69) is 22.0 Å². The third kappa shape index (κ3) is 11.2. The van der Waals surface area contributed by atoms with Gasteiger partial charge in [-0.2, -0.15) is 0 Å². The smallest absolute Gasteiger partial charge is 0.0222 e. The van der Waals surface area contributed by atoms with Crippen molar-refractivity contribution >= 4 is 27.8 Å². The maximum Gasteiger partial charge on any atom is 0.0222 e. The van der Waals surface area contributed by atoms with Crippen molar-refractivity contribution in [3.05, 3.63) is 0 Å². The van der Waals surface area contributed by atoms with Crippen LogP contribution in [0.2, 0.25) is 0 Å². The summed E-state index contributed by atoms with van der Waals surface area (Å²) in [6.07, 6.45) is 0. The summed E-state index contributed by atoms with van der Waals surface area (Å²) in [6.45, 7) is 2.00. The first-order valence-electron chi connectivity index (χ1n) is 0.874. The standard InChI is InChI=1S/CH5INP/c1-4(2)3/h3H2,1H3. The van der Waals surface area contributed by atoms with E-state index >= 15 is 0 Å². The second-order valence-electron chi connectivity index (χ2n) is 0.525. The molecule has 0 aromatic rings. The lowest BCUT2D eigenvalue weighted by Gasteiger charge is -1.79. The van der Waals surface area contributed by atoms with Gasteiger partial charge in [0.1, 0.15) is 0 Å². The van der Waals surface area contributed by atoms with Gasteiger partial charge >= 0.3 is 0 Å². The molecule has 2 N–H and O–H groups in total. The predicted molar refractivity (Wildman–Crippen MR) is 31.1 cm³/mol. The van der Waals surface area contributed by atoms with Crippen LogP contribution in [0.4, 0.5) is 0 Å². The summed E-state index contributed by atoms with van der Waals surface area (Å²) in [7, 11) is 0. The molecular weight excluding hydrogens is 184 g/mol. The lowest BCUT2D eigenvalue weighted by molar-refractivity contribution is 1.98. The molecule has 0 radical (unpaired) electrons. The maximum atomic E-state index is 5.16. The minimum absolute atomic E-state index is 0.150. The summed E-state index contributed by atoms with van der Waals surface area (Å²) in [5.41, 5.74) is 5.01. The Labute approximate surface area is 40.2 Å². The second kappa shape index (κ2) is 2.36. The minimum Gasteiger partial charge on any atom is -0.302 e. The van der Waals surface area contributed by atoms with E-state index < -0.39 is 0 Å². The lowest BCUT2D eigenvalue weighted by atomic mass is 12.0. The summed E-state index contributed by atoms with van der Waals surface area (Å²) < 4.78 is 0. The van der Waals surface area contributed by atoms with Crippen molar-refractivity contribution in [2.45, 2.75) is 0 Å². The molecule has 4 heavy (non-hydrogen) atoms. The molecule has 1 nitrogen and oxygen atoms in total. The van der Waals surface area contributed by atoms with Gasteiger partial charge in [-0.1, -0.05) is 0 Å². The highest BCUT2D eigenvalue weighted by Crippen LogP contribution is 2.28. The van der Waals surface area contributed by atoms with E-state index in [4.69, 9.17) is 5.50 Å². The van der Waals surface area contributed by atoms with Gasteiger partial charge in [-0.3, -0.25) is 0 Å². The van der Waals surface area contributed by atoms with Crippen molar-refractivity contribution in [2.75, 3.05) is 6.66 Å². The van der Waals surface area contributed by atoms with Gasteiger partial charge in [0.15, 0.2) is 0 Å². The van der Waals surface area contributed by atoms with Gasteiger partial charge < -0.3 is 5.50 Å². The molecule has 0 saturated heterocycles. The summed E-state index contributed by atoms with van der Waals surface area (Å²) in [5, 5.41) is 0. The van der Waals surface area contributed by atoms with E-state index in [1.807, 2.05) is 6.66 Å². The molecule has 1 atom stereocenters. The van der Waals surface area contributed by atoms with Crippen LogP contribution in [0.5, 0.6) is 0 Å². The largest absolute Gasteiger partial charge is 0.302 e. The Hall–Kier alpha value is 1.12. The van der Waals surface area contributed by atoms with Crippen molar-refractivity contribution in [3.8, 4) is 0 Å². The quantitative estimate of drug-likeness (QED) is 0.451.